The Morgan fingerprint density at radius 2 is 1.79 bits per heavy atom. The Morgan fingerprint density at radius 1 is 1.07 bits per heavy atom. The first kappa shape index (κ1) is 20.1. The molecule has 1 heterocycles. The summed E-state index contributed by atoms with van der Waals surface area (Å²) in [6.45, 7) is 3.94. The summed E-state index contributed by atoms with van der Waals surface area (Å²) in [4.78, 5) is 36.6. The maximum absolute atomic E-state index is 12.6. The minimum atomic E-state index is -1.25. The van der Waals surface area contributed by atoms with Crippen LogP contribution < -0.4 is 10.6 Å². The number of hydrogen-bond acceptors (Lipinski definition) is 5. The number of benzene rings is 2. The van der Waals surface area contributed by atoms with E-state index in [4.69, 9.17) is 9.15 Å². The Kier molecular flexibility index (Phi) is 5.97. The predicted octanol–water partition coefficient (Wildman–Crippen LogP) is 3.33. The lowest BCUT2D eigenvalue weighted by Gasteiger charge is -2.17. The maximum atomic E-state index is 12.6. The van der Waals surface area contributed by atoms with Gasteiger partial charge in [0.1, 0.15) is 5.58 Å². The van der Waals surface area contributed by atoms with Gasteiger partial charge in [0.05, 0.1) is 12.7 Å². The van der Waals surface area contributed by atoms with Crippen LogP contribution in [0.1, 0.15) is 28.4 Å². The van der Waals surface area contributed by atoms with Gasteiger partial charge in [-0.3, -0.25) is 14.9 Å². The average Bonchev–Trinajstić information content (AvgIpc) is 3.12. The van der Waals surface area contributed by atoms with Crippen molar-refractivity contribution in [3.05, 3.63) is 71.0 Å². The zero-order valence-electron chi connectivity index (χ0n) is 16.4. The standard InChI is InChI=1S/C22H22N2O5/c1-13-9-10-17-16(12-28-19(17)14(13)2)11-18(25)29-20(15-7-5-4-6-8-15)21(26)24-22(27)23-3/h4-10,12,20H,11H2,1-3H3,(H2,23,24,26,27). The molecular weight excluding hydrogens is 372 g/mol. The first-order valence-corrected chi connectivity index (χ1v) is 9.14. The van der Waals surface area contributed by atoms with E-state index in [0.29, 0.717) is 11.1 Å². The second kappa shape index (κ2) is 8.60. The summed E-state index contributed by atoms with van der Waals surface area (Å²) in [5, 5.41) is 5.28. The van der Waals surface area contributed by atoms with Crippen LogP contribution in [0.5, 0.6) is 0 Å². The lowest BCUT2D eigenvalue weighted by atomic mass is 10.0. The molecule has 2 aromatic carbocycles. The first-order valence-electron chi connectivity index (χ1n) is 9.14. The number of rotatable bonds is 5. The highest BCUT2D eigenvalue weighted by molar-refractivity contribution is 5.98. The molecule has 0 radical (unpaired) electrons. The number of ether oxygens (including phenoxy) is 1. The molecule has 1 atom stereocenters. The fourth-order valence-corrected chi connectivity index (χ4v) is 2.99. The normalized spacial score (nSPS) is 11.7. The van der Waals surface area contributed by atoms with Crippen LogP contribution in [0.25, 0.3) is 11.0 Å². The fourth-order valence-electron chi connectivity index (χ4n) is 2.99. The highest BCUT2D eigenvalue weighted by Gasteiger charge is 2.27. The lowest BCUT2D eigenvalue weighted by molar-refractivity contribution is -0.155. The second-order valence-electron chi connectivity index (χ2n) is 6.67. The van der Waals surface area contributed by atoms with Crippen molar-refractivity contribution in [1.82, 2.24) is 10.6 Å². The summed E-state index contributed by atoms with van der Waals surface area (Å²) in [6.07, 6.45) is 0.218. The zero-order chi connectivity index (χ0) is 21.0. The van der Waals surface area contributed by atoms with Crippen molar-refractivity contribution in [2.24, 2.45) is 0 Å². The highest BCUT2D eigenvalue weighted by Crippen LogP contribution is 2.27. The Morgan fingerprint density at radius 3 is 2.48 bits per heavy atom. The van der Waals surface area contributed by atoms with E-state index >= 15 is 0 Å². The SMILES string of the molecule is CNC(=O)NC(=O)C(OC(=O)Cc1coc2c(C)c(C)ccc12)c1ccccc1. The van der Waals surface area contributed by atoms with E-state index in [1.165, 1.54) is 13.3 Å². The molecule has 0 aliphatic rings. The van der Waals surface area contributed by atoms with Gasteiger partial charge in [-0.05, 0) is 25.0 Å². The Bertz CT molecular complexity index is 1060. The third-order valence-electron chi connectivity index (χ3n) is 4.73. The molecule has 0 saturated carbocycles. The minimum Gasteiger partial charge on any atom is -0.464 e. The summed E-state index contributed by atoms with van der Waals surface area (Å²) < 4.78 is 11.1. The van der Waals surface area contributed by atoms with E-state index in [-0.39, 0.29) is 6.42 Å². The van der Waals surface area contributed by atoms with Gasteiger partial charge in [-0.25, -0.2) is 4.79 Å². The number of furan rings is 1. The number of nitrogens with one attached hydrogen (secondary N) is 2. The molecule has 150 valence electrons. The van der Waals surface area contributed by atoms with Crippen LogP contribution >= 0.6 is 0 Å². The Balaban J connectivity index is 1.81. The molecule has 0 aliphatic heterocycles. The van der Waals surface area contributed by atoms with Crippen molar-refractivity contribution in [2.75, 3.05) is 7.05 Å². The summed E-state index contributed by atoms with van der Waals surface area (Å²) in [5.41, 5.74) is 3.97. The number of urea groups is 1. The van der Waals surface area contributed by atoms with Crippen LogP contribution in [0.15, 0.2) is 53.1 Å². The summed E-state index contributed by atoms with van der Waals surface area (Å²) in [7, 11) is 1.39. The largest absolute Gasteiger partial charge is 0.464 e. The molecule has 3 amide bonds. The third-order valence-corrected chi connectivity index (χ3v) is 4.73. The van der Waals surface area contributed by atoms with E-state index in [0.717, 1.165) is 22.1 Å². The van der Waals surface area contributed by atoms with Gasteiger partial charge >= 0.3 is 12.0 Å². The van der Waals surface area contributed by atoms with Gasteiger partial charge in [-0.1, -0.05) is 42.5 Å². The molecule has 7 heteroatoms. The smallest absolute Gasteiger partial charge is 0.321 e. The van der Waals surface area contributed by atoms with Gasteiger partial charge in [0, 0.05) is 23.6 Å². The molecule has 0 aliphatic carbocycles. The van der Waals surface area contributed by atoms with Crippen LogP contribution in [-0.4, -0.2) is 25.0 Å². The summed E-state index contributed by atoms with van der Waals surface area (Å²) in [5.74, 6) is -1.33. The molecule has 0 bridgehead atoms. The molecule has 7 nitrogen and oxygen atoms in total. The van der Waals surface area contributed by atoms with Crippen molar-refractivity contribution >= 4 is 28.9 Å². The number of aryl methyl sites for hydroxylation is 2. The van der Waals surface area contributed by atoms with Crippen LogP contribution in [0.4, 0.5) is 4.79 Å². The van der Waals surface area contributed by atoms with E-state index in [9.17, 15) is 14.4 Å². The molecule has 1 unspecified atom stereocenters. The molecular formula is C22H22N2O5. The van der Waals surface area contributed by atoms with Crippen LogP contribution in [0.3, 0.4) is 0 Å². The predicted molar refractivity (Wildman–Crippen MR) is 107 cm³/mol. The monoisotopic (exact) mass is 394 g/mol. The van der Waals surface area contributed by atoms with Crippen molar-refractivity contribution in [2.45, 2.75) is 26.4 Å². The van der Waals surface area contributed by atoms with Crippen LogP contribution in [0, 0.1) is 13.8 Å². The van der Waals surface area contributed by atoms with Crippen LogP contribution in [0.2, 0.25) is 0 Å². The van der Waals surface area contributed by atoms with E-state index in [2.05, 4.69) is 10.6 Å². The number of carbonyl (C=O) groups excluding carboxylic acids is 3. The topological polar surface area (TPSA) is 97.6 Å². The van der Waals surface area contributed by atoms with Crippen LogP contribution in [-0.2, 0) is 20.7 Å². The van der Waals surface area contributed by atoms with Gasteiger partial charge in [-0.2, -0.15) is 0 Å². The number of carbonyl (C=O) groups is 3. The zero-order valence-corrected chi connectivity index (χ0v) is 16.4. The van der Waals surface area contributed by atoms with E-state index < -0.39 is 24.0 Å². The first-order chi connectivity index (χ1) is 13.9. The van der Waals surface area contributed by atoms with Gasteiger partial charge in [0.2, 0.25) is 6.10 Å². The quantitative estimate of drug-likeness (QED) is 0.647. The van der Waals surface area contributed by atoms with Crippen molar-refractivity contribution in [3.63, 3.8) is 0 Å². The molecule has 3 aromatic rings. The Hall–Kier alpha value is -3.61. The molecule has 0 fully saturated rings. The molecule has 2 N–H and O–H groups in total. The van der Waals surface area contributed by atoms with Crippen molar-refractivity contribution < 1.29 is 23.5 Å². The minimum absolute atomic E-state index is 0.0634. The summed E-state index contributed by atoms with van der Waals surface area (Å²) in [6, 6.07) is 11.7. The lowest BCUT2D eigenvalue weighted by Crippen LogP contribution is -2.41. The molecule has 0 saturated heterocycles. The molecule has 0 spiro atoms. The Labute approximate surface area is 168 Å². The van der Waals surface area contributed by atoms with Gasteiger partial charge in [-0.15, -0.1) is 0 Å². The van der Waals surface area contributed by atoms with E-state index in [1.54, 1.807) is 30.3 Å². The number of amides is 3. The fraction of sp³-hybridized carbons (Fsp3) is 0.227. The molecule has 3 rings (SSSR count). The summed E-state index contributed by atoms with van der Waals surface area (Å²) >= 11 is 0. The maximum Gasteiger partial charge on any atom is 0.321 e. The molecule has 1 aromatic heterocycles. The van der Waals surface area contributed by atoms with E-state index in [1.807, 2.05) is 26.0 Å². The average molecular weight is 394 g/mol. The number of imide groups is 1. The van der Waals surface area contributed by atoms with Gasteiger partial charge < -0.3 is 14.5 Å². The molecule has 29 heavy (non-hydrogen) atoms. The number of esters is 1. The highest BCUT2D eigenvalue weighted by atomic mass is 16.5. The van der Waals surface area contributed by atoms with Gasteiger partial charge in [0.25, 0.3) is 5.91 Å². The van der Waals surface area contributed by atoms with Gasteiger partial charge in [0.15, 0.2) is 0 Å². The number of fused-ring (bicyclic) bond motifs is 1. The second-order valence-corrected chi connectivity index (χ2v) is 6.67. The van der Waals surface area contributed by atoms with Crippen molar-refractivity contribution in [3.8, 4) is 0 Å². The van der Waals surface area contributed by atoms with Crippen molar-refractivity contribution in [1.29, 1.82) is 0 Å². The number of hydrogen-bond donors (Lipinski definition) is 2. The third kappa shape index (κ3) is 4.45.